The average Bonchev–Trinajstić information content (AvgIpc) is 2.86. The fourth-order valence-corrected chi connectivity index (χ4v) is 3.92. The summed E-state index contributed by atoms with van der Waals surface area (Å²) in [4.78, 5) is 22.3. The topological polar surface area (TPSA) is 78.9 Å². The molecule has 1 heterocycles. The molecule has 0 spiro atoms. The van der Waals surface area contributed by atoms with Crippen LogP contribution in [0.3, 0.4) is 0 Å². The number of aryl methyl sites for hydroxylation is 2. The first-order valence-corrected chi connectivity index (χ1v) is 11.9. The lowest BCUT2D eigenvalue weighted by atomic mass is 10.0. The van der Waals surface area contributed by atoms with Gasteiger partial charge in [0, 0.05) is 31.3 Å². The van der Waals surface area contributed by atoms with Crippen LogP contribution in [-0.4, -0.2) is 21.9 Å². The molecule has 0 aliphatic rings. The third kappa shape index (κ3) is 7.37. The molecular formula is C29H30FN5O. The van der Waals surface area contributed by atoms with Crippen molar-refractivity contribution in [2.45, 2.75) is 39.4 Å². The highest BCUT2D eigenvalue weighted by Gasteiger charge is 2.20. The molecule has 184 valence electrons. The van der Waals surface area contributed by atoms with Crippen molar-refractivity contribution in [3.05, 3.63) is 119 Å². The van der Waals surface area contributed by atoms with Gasteiger partial charge in [-0.05, 0) is 42.7 Å². The first kappa shape index (κ1) is 24.9. The number of hydrogen-bond donors (Lipinski definition) is 3. The Labute approximate surface area is 211 Å². The molecule has 0 bridgehead atoms. The van der Waals surface area contributed by atoms with Crippen LogP contribution < -0.4 is 16.0 Å². The quantitative estimate of drug-likeness (QED) is 0.290. The van der Waals surface area contributed by atoms with E-state index in [1.807, 2.05) is 55.5 Å². The molecule has 3 N–H and O–H groups in total. The Bertz CT molecular complexity index is 1310. The van der Waals surface area contributed by atoms with Crippen molar-refractivity contribution in [2.24, 2.45) is 0 Å². The van der Waals surface area contributed by atoms with E-state index in [2.05, 4.69) is 45.0 Å². The predicted octanol–water partition coefficient (Wildman–Crippen LogP) is 5.18. The maximum absolute atomic E-state index is 13.5. The highest BCUT2D eigenvalue weighted by molar-refractivity contribution is 5.84. The fourth-order valence-electron chi connectivity index (χ4n) is 3.92. The molecule has 0 aliphatic heterocycles. The molecule has 0 radical (unpaired) electrons. The number of nitrogens with one attached hydrogen (secondary N) is 3. The van der Waals surface area contributed by atoms with Gasteiger partial charge in [-0.15, -0.1) is 0 Å². The zero-order valence-corrected chi connectivity index (χ0v) is 20.5. The zero-order chi connectivity index (χ0) is 25.3. The molecule has 0 unspecified atom stereocenters. The highest BCUT2D eigenvalue weighted by atomic mass is 19.1. The standard InChI is InChI=1S/C29H30FN5O/c1-20-8-6-11-23(14-20)19-32-29-33-21(2)15-27(35-29)34-26(17-22-9-4-3-5-10-22)28(36)31-18-24-12-7-13-25(30)16-24/h3-16,26H,17-19H2,1-2H3,(H,31,36)(H2,32,33,34,35)/t26-/m0/s1. The SMILES string of the molecule is Cc1cccc(CNc2nc(C)cc(N[C@@H](Cc3ccccc3)C(=O)NCc3cccc(F)c3)n2)c1. The smallest absolute Gasteiger partial charge is 0.243 e. The first-order chi connectivity index (χ1) is 17.4. The third-order valence-corrected chi connectivity index (χ3v) is 5.66. The van der Waals surface area contributed by atoms with E-state index in [0.717, 1.165) is 16.8 Å². The Balaban J connectivity index is 1.48. The predicted molar refractivity (Wildman–Crippen MR) is 141 cm³/mol. The summed E-state index contributed by atoms with van der Waals surface area (Å²) >= 11 is 0. The summed E-state index contributed by atoms with van der Waals surface area (Å²) in [5.41, 5.74) is 4.81. The monoisotopic (exact) mass is 483 g/mol. The summed E-state index contributed by atoms with van der Waals surface area (Å²) in [5.74, 6) is 0.505. The van der Waals surface area contributed by atoms with Crippen LogP contribution in [0.5, 0.6) is 0 Å². The second kappa shape index (κ2) is 11.9. The lowest BCUT2D eigenvalue weighted by Crippen LogP contribution is -2.41. The summed E-state index contributed by atoms with van der Waals surface area (Å²) in [7, 11) is 0. The van der Waals surface area contributed by atoms with Crippen molar-refractivity contribution in [2.75, 3.05) is 10.6 Å². The molecule has 1 aromatic heterocycles. The number of rotatable bonds is 10. The van der Waals surface area contributed by atoms with Crippen molar-refractivity contribution >= 4 is 17.7 Å². The Morgan fingerprint density at radius 1 is 0.833 bits per heavy atom. The Morgan fingerprint density at radius 2 is 1.56 bits per heavy atom. The molecule has 0 saturated carbocycles. The zero-order valence-electron chi connectivity index (χ0n) is 20.5. The van der Waals surface area contributed by atoms with Crippen molar-refractivity contribution in [3.8, 4) is 0 Å². The van der Waals surface area contributed by atoms with Crippen LogP contribution in [0.15, 0.2) is 84.9 Å². The van der Waals surface area contributed by atoms with E-state index in [1.54, 1.807) is 12.1 Å². The number of nitrogens with zero attached hydrogens (tertiary/aromatic N) is 2. The van der Waals surface area contributed by atoms with E-state index in [4.69, 9.17) is 0 Å². The van der Waals surface area contributed by atoms with E-state index in [0.29, 0.717) is 30.3 Å². The van der Waals surface area contributed by atoms with Gasteiger partial charge in [-0.3, -0.25) is 4.79 Å². The molecule has 0 fully saturated rings. The molecule has 36 heavy (non-hydrogen) atoms. The first-order valence-electron chi connectivity index (χ1n) is 11.9. The van der Waals surface area contributed by atoms with E-state index < -0.39 is 6.04 Å². The molecule has 0 aliphatic carbocycles. The second-order valence-electron chi connectivity index (χ2n) is 8.80. The molecule has 1 amide bonds. The minimum absolute atomic E-state index is 0.200. The maximum atomic E-state index is 13.5. The molecule has 4 aromatic rings. The molecular weight excluding hydrogens is 453 g/mol. The van der Waals surface area contributed by atoms with Crippen LogP contribution in [-0.2, 0) is 24.3 Å². The summed E-state index contributed by atoms with van der Waals surface area (Å²) in [6.45, 7) is 4.77. The van der Waals surface area contributed by atoms with Gasteiger partial charge in [0.05, 0.1) is 0 Å². The van der Waals surface area contributed by atoms with E-state index in [1.165, 1.54) is 17.7 Å². The minimum atomic E-state index is -0.583. The average molecular weight is 484 g/mol. The van der Waals surface area contributed by atoms with Gasteiger partial charge < -0.3 is 16.0 Å². The van der Waals surface area contributed by atoms with Gasteiger partial charge in [0.25, 0.3) is 0 Å². The molecule has 0 saturated heterocycles. The Hall–Kier alpha value is -4.26. The summed E-state index contributed by atoms with van der Waals surface area (Å²) in [5, 5.41) is 9.48. The number of carbonyl (C=O) groups is 1. The number of anilines is 2. The number of aromatic nitrogens is 2. The van der Waals surface area contributed by atoms with Gasteiger partial charge >= 0.3 is 0 Å². The highest BCUT2D eigenvalue weighted by Crippen LogP contribution is 2.15. The van der Waals surface area contributed by atoms with Gasteiger partial charge in [0.2, 0.25) is 11.9 Å². The van der Waals surface area contributed by atoms with Gasteiger partial charge in [-0.25, -0.2) is 9.37 Å². The van der Waals surface area contributed by atoms with Crippen molar-refractivity contribution in [1.29, 1.82) is 0 Å². The van der Waals surface area contributed by atoms with Crippen LogP contribution in [0.2, 0.25) is 0 Å². The fraction of sp³-hybridized carbons (Fsp3) is 0.207. The van der Waals surface area contributed by atoms with Crippen molar-refractivity contribution < 1.29 is 9.18 Å². The molecule has 7 heteroatoms. The summed E-state index contributed by atoms with van der Waals surface area (Å²) in [6, 6.07) is 25.5. The largest absolute Gasteiger partial charge is 0.358 e. The molecule has 1 atom stereocenters. The van der Waals surface area contributed by atoms with Gasteiger partial charge in [-0.1, -0.05) is 72.3 Å². The van der Waals surface area contributed by atoms with Crippen molar-refractivity contribution in [1.82, 2.24) is 15.3 Å². The van der Waals surface area contributed by atoms with E-state index in [-0.39, 0.29) is 18.3 Å². The van der Waals surface area contributed by atoms with Gasteiger partial charge in [0.15, 0.2) is 0 Å². The van der Waals surface area contributed by atoms with Crippen LogP contribution in [0, 0.1) is 19.7 Å². The number of benzene rings is 3. The molecule has 4 rings (SSSR count). The van der Waals surface area contributed by atoms with Gasteiger partial charge in [0.1, 0.15) is 17.7 Å². The lowest BCUT2D eigenvalue weighted by molar-refractivity contribution is -0.122. The minimum Gasteiger partial charge on any atom is -0.358 e. The van der Waals surface area contributed by atoms with Crippen LogP contribution in [0.25, 0.3) is 0 Å². The Morgan fingerprint density at radius 3 is 2.31 bits per heavy atom. The number of hydrogen-bond acceptors (Lipinski definition) is 5. The Kier molecular flexibility index (Phi) is 8.24. The number of carbonyl (C=O) groups excluding carboxylic acids is 1. The van der Waals surface area contributed by atoms with Gasteiger partial charge in [-0.2, -0.15) is 4.98 Å². The van der Waals surface area contributed by atoms with Crippen LogP contribution in [0.1, 0.15) is 27.9 Å². The van der Waals surface area contributed by atoms with Crippen LogP contribution in [0.4, 0.5) is 16.2 Å². The second-order valence-corrected chi connectivity index (χ2v) is 8.80. The summed E-state index contributed by atoms with van der Waals surface area (Å²) in [6.07, 6.45) is 0.463. The van der Waals surface area contributed by atoms with E-state index in [9.17, 15) is 9.18 Å². The third-order valence-electron chi connectivity index (χ3n) is 5.66. The van der Waals surface area contributed by atoms with Crippen LogP contribution >= 0.6 is 0 Å². The molecule has 6 nitrogen and oxygen atoms in total. The molecule has 3 aromatic carbocycles. The van der Waals surface area contributed by atoms with Crippen molar-refractivity contribution in [3.63, 3.8) is 0 Å². The number of amides is 1. The number of halogens is 1. The lowest BCUT2D eigenvalue weighted by Gasteiger charge is -2.20. The van der Waals surface area contributed by atoms with E-state index >= 15 is 0 Å². The maximum Gasteiger partial charge on any atom is 0.243 e. The normalized spacial score (nSPS) is 11.5. The summed E-state index contributed by atoms with van der Waals surface area (Å²) < 4.78 is 13.5.